The van der Waals surface area contributed by atoms with Crippen LogP contribution >= 0.6 is 11.6 Å². The van der Waals surface area contributed by atoms with Gasteiger partial charge in [0.2, 0.25) is 0 Å². The molecule has 0 saturated carbocycles. The van der Waals surface area contributed by atoms with Crippen molar-refractivity contribution in [3.05, 3.63) is 53.1 Å². The molecular weight excluding hydrogens is 304 g/mol. The highest BCUT2D eigenvalue weighted by atomic mass is 35.5. The van der Waals surface area contributed by atoms with Crippen LogP contribution < -0.4 is 15.4 Å². The Balaban J connectivity index is 2.06. The molecule has 6 heteroatoms. The van der Waals surface area contributed by atoms with E-state index in [4.69, 9.17) is 16.3 Å². The summed E-state index contributed by atoms with van der Waals surface area (Å²) in [6.07, 6.45) is 0. The van der Waals surface area contributed by atoms with Gasteiger partial charge in [-0.3, -0.25) is 9.59 Å². The molecule has 0 aliphatic heterocycles. The third-order valence-electron chi connectivity index (χ3n) is 2.98. The third-order valence-corrected chi connectivity index (χ3v) is 3.22. The van der Waals surface area contributed by atoms with Crippen LogP contribution in [-0.2, 0) is 9.59 Å². The largest absolute Gasteiger partial charge is 0.497 e. The van der Waals surface area contributed by atoms with Crippen LogP contribution in [0.15, 0.2) is 42.5 Å². The van der Waals surface area contributed by atoms with E-state index in [0.717, 1.165) is 5.56 Å². The first-order valence-electron chi connectivity index (χ1n) is 6.52. The fourth-order valence-electron chi connectivity index (χ4n) is 1.80. The van der Waals surface area contributed by atoms with Gasteiger partial charge in [-0.1, -0.05) is 23.7 Å². The minimum atomic E-state index is -0.771. The highest BCUT2D eigenvalue weighted by molar-refractivity contribution is 6.43. The average molecular weight is 319 g/mol. The SMILES string of the molecule is COc1cccc(NC(=O)C(=O)Nc2cc(Cl)ccc2C)c1. The van der Waals surface area contributed by atoms with E-state index in [2.05, 4.69) is 10.6 Å². The fraction of sp³-hybridized carbons (Fsp3) is 0.125. The van der Waals surface area contributed by atoms with Gasteiger partial charge in [-0.05, 0) is 36.8 Å². The molecule has 0 heterocycles. The van der Waals surface area contributed by atoms with Gasteiger partial charge in [0.1, 0.15) is 5.75 Å². The van der Waals surface area contributed by atoms with Crippen LogP contribution in [-0.4, -0.2) is 18.9 Å². The van der Waals surface area contributed by atoms with Crippen LogP contribution in [0.5, 0.6) is 5.75 Å². The number of carbonyl (C=O) groups is 2. The molecule has 0 aromatic heterocycles. The Labute approximate surface area is 133 Å². The molecular formula is C16H15ClN2O3. The number of carbonyl (C=O) groups excluding carboxylic acids is 2. The van der Waals surface area contributed by atoms with Crippen molar-refractivity contribution in [1.82, 2.24) is 0 Å². The number of halogens is 1. The zero-order valence-electron chi connectivity index (χ0n) is 12.1. The van der Waals surface area contributed by atoms with Gasteiger partial charge in [-0.25, -0.2) is 0 Å². The zero-order chi connectivity index (χ0) is 16.1. The van der Waals surface area contributed by atoms with Crippen LogP contribution in [0.25, 0.3) is 0 Å². The number of amides is 2. The van der Waals surface area contributed by atoms with Crippen molar-refractivity contribution in [2.45, 2.75) is 6.92 Å². The smallest absolute Gasteiger partial charge is 0.314 e. The first kappa shape index (κ1) is 15.9. The number of rotatable bonds is 3. The lowest BCUT2D eigenvalue weighted by atomic mass is 10.2. The number of nitrogens with one attached hydrogen (secondary N) is 2. The minimum Gasteiger partial charge on any atom is -0.497 e. The van der Waals surface area contributed by atoms with E-state index in [9.17, 15) is 9.59 Å². The predicted octanol–water partition coefficient (Wildman–Crippen LogP) is 3.23. The molecule has 2 N–H and O–H groups in total. The molecule has 2 rings (SSSR count). The summed E-state index contributed by atoms with van der Waals surface area (Å²) in [5.41, 5.74) is 1.78. The lowest BCUT2D eigenvalue weighted by Gasteiger charge is -2.09. The predicted molar refractivity (Wildman–Crippen MR) is 86.4 cm³/mol. The van der Waals surface area contributed by atoms with E-state index in [1.807, 2.05) is 6.92 Å². The molecule has 0 fully saturated rings. The summed E-state index contributed by atoms with van der Waals surface area (Å²) in [6, 6.07) is 11.8. The zero-order valence-corrected chi connectivity index (χ0v) is 12.9. The Morgan fingerprint density at radius 3 is 2.50 bits per heavy atom. The summed E-state index contributed by atoms with van der Waals surface area (Å²) >= 11 is 5.88. The minimum absolute atomic E-state index is 0.474. The lowest BCUT2D eigenvalue weighted by Crippen LogP contribution is -2.29. The van der Waals surface area contributed by atoms with Crippen LogP contribution in [0.1, 0.15) is 5.56 Å². The maximum atomic E-state index is 11.9. The molecule has 0 aliphatic carbocycles. The van der Waals surface area contributed by atoms with Gasteiger partial charge in [0, 0.05) is 22.5 Å². The van der Waals surface area contributed by atoms with Gasteiger partial charge < -0.3 is 15.4 Å². The number of hydrogen-bond acceptors (Lipinski definition) is 3. The first-order valence-corrected chi connectivity index (χ1v) is 6.90. The van der Waals surface area contributed by atoms with E-state index in [-0.39, 0.29) is 0 Å². The normalized spacial score (nSPS) is 9.95. The van der Waals surface area contributed by atoms with E-state index in [1.165, 1.54) is 7.11 Å². The standard InChI is InChI=1S/C16H15ClN2O3/c1-10-6-7-11(17)8-14(10)19-16(21)15(20)18-12-4-3-5-13(9-12)22-2/h3-9H,1-2H3,(H,18,20)(H,19,21). The summed E-state index contributed by atoms with van der Waals surface area (Å²) in [6.45, 7) is 1.81. The Morgan fingerprint density at radius 1 is 1.05 bits per heavy atom. The molecule has 0 atom stereocenters. The van der Waals surface area contributed by atoms with Gasteiger partial charge >= 0.3 is 11.8 Å². The Hall–Kier alpha value is -2.53. The molecule has 114 valence electrons. The van der Waals surface area contributed by atoms with Crippen molar-refractivity contribution in [1.29, 1.82) is 0 Å². The highest BCUT2D eigenvalue weighted by Crippen LogP contribution is 2.20. The second kappa shape index (κ2) is 6.95. The molecule has 2 aromatic rings. The molecule has 0 aliphatic rings. The quantitative estimate of drug-likeness (QED) is 0.854. The third kappa shape index (κ3) is 3.99. The van der Waals surface area contributed by atoms with Crippen molar-refractivity contribution in [3.8, 4) is 5.75 Å². The van der Waals surface area contributed by atoms with Crippen molar-refractivity contribution in [2.75, 3.05) is 17.7 Å². The molecule has 0 unspecified atom stereocenters. The van der Waals surface area contributed by atoms with Crippen LogP contribution in [0.4, 0.5) is 11.4 Å². The lowest BCUT2D eigenvalue weighted by molar-refractivity contribution is -0.133. The number of benzene rings is 2. The summed E-state index contributed by atoms with van der Waals surface area (Å²) in [4.78, 5) is 23.9. The topological polar surface area (TPSA) is 67.4 Å². The molecule has 0 saturated heterocycles. The summed E-state index contributed by atoms with van der Waals surface area (Å²) < 4.78 is 5.05. The van der Waals surface area contributed by atoms with E-state index in [1.54, 1.807) is 42.5 Å². The summed E-state index contributed by atoms with van der Waals surface area (Å²) in [5.74, 6) is -0.954. The van der Waals surface area contributed by atoms with Crippen molar-refractivity contribution in [2.24, 2.45) is 0 Å². The van der Waals surface area contributed by atoms with Crippen LogP contribution in [0.2, 0.25) is 5.02 Å². The van der Waals surface area contributed by atoms with Gasteiger partial charge in [0.05, 0.1) is 7.11 Å². The average Bonchev–Trinajstić information content (AvgIpc) is 2.51. The van der Waals surface area contributed by atoms with E-state index >= 15 is 0 Å². The molecule has 0 spiro atoms. The number of aryl methyl sites for hydroxylation is 1. The maximum absolute atomic E-state index is 11.9. The number of methoxy groups -OCH3 is 1. The van der Waals surface area contributed by atoms with E-state index in [0.29, 0.717) is 22.1 Å². The number of hydrogen-bond donors (Lipinski definition) is 2. The first-order chi connectivity index (χ1) is 10.5. The molecule has 5 nitrogen and oxygen atoms in total. The number of anilines is 2. The molecule has 2 amide bonds. The van der Waals surface area contributed by atoms with Gasteiger partial charge in [-0.2, -0.15) is 0 Å². The summed E-state index contributed by atoms with van der Waals surface area (Å²) in [5, 5.41) is 5.52. The molecule has 0 bridgehead atoms. The van der Waals surface area contributed by atoms with Gasteiger partial charge in [-0.15, -0.1) is 0 Å². The van der Waals surface area contributed by atoms with Crippen molar-refractivity contribution < 1.29 is 14.3 Å². The second-order valence-corrected chi connectivity index (χ2v) is 5.04. The highest BCUT2D eigenvalue weighted by Gasteiger charge is 2.15. The van der Waals surface area contributed by atoms with Crippen molar-refractivity contribution >= 4 is 34.8 Å². The second-order valence-electron chi connectivity index (χ2n) is 4.60. The van der Waals surface area contributed by atoms with Crippen LogP contribution in [0.3, 0.4) is 0 Å². The monoisotopic (exact) mass is 318 g/mol. The Kier molecular flexibility index (Phi) is 5.01. The summed E-state index contributed by atoms with van der Waals surface area (Å²) in [7, 11) is 1.52. The Morgan fingerprint density at radius 2 is 1.77 bits per heavy atom. The molecule has 2 aromatic carbocycles. The fourth-order valence-corrected chi connectivity index (χ4v) is 1.97. The maximum Gasteiger partial charge on any atom is 0.314 e. The van der Waals surface area contributed by atoms with Crippen molar-refractivity contribution in [3.63, 3.8) is 0 Å². The molecule has 0 radical (unpaired) electrons. The Bertz CT molecular complexity index is 716. The number of ether oxygens (including phenoxy) is 1. The molecule has 22 heavy (non-hydrogen) atoms. The van der Waals surface area contributed by atoms with Gasteiger partial charge in [0.15, 0.2) is 0 Å². The van der Waals surface area contributed by atoms with Gasteiger partial charge in [0.25, 0.3) is 0 Å². The van der Waals surface area contributed by atoms with Crippen LogP contribution in [0, 0.1) is 6.92 Å². The van der Waals surface area contributed by atoms with E-state index < -0.39 is 11.8 Å².